The molecule has 0 amide bonds. The third-order valence-corrected chi connectivity index (χ3v) is 8.93. The molecule has 1 aliphatic heterocycles. The van der Waals surface area contributed by atoms with Crippen LogP contribution < -0.4 is 0 Å². The van der Waals surface area contributed by atoms with Crippen LogP contribution in [-0.2, 0) is 36.9 Å². The van der Waals surface area contributed by atoms with E-state index >= 15 is 0 Å². The van der Waals surface area contributed by atoms with Gasteiger partial charge in [0.05, 0.1) is 30.9 Å². The summed E-state index contributed by atoms with van der Waals surface area (Å²) in [7, 11) is 0. The molecule has 7 nitrogen and oxygen atoms in total. The molecule has 48 heavy (non-hydrogen) atoms. The zero-order valence-electron chi connectivity index (χ0n) is 26.2. The third kappa shape index (κ3) is 8.99. The van der Waals surface area contributed by atoms with Crippen LogP contribution in [0.3, 0.4) is 0 Å². The second-order valence-corrected chi connectivity index (χ2v) is 12.4. The van der Waals surface area contributed by atoms with Gasteiger partial charge in [0.2, 0.25) is 0 Å². The first kappa shape index (κ1) is 33.2. The average Bonchev–Trinajstić information content (AvgIpc) is 3.14. The Morgan fingerprint density at radius 1 is 0.542 bits per heavy atom. The number of carbonyl (C=O) groups excluding carboxylic acids is 2. The maximum absolute atomic E-state index is 13.6. The molecule has 5 aromatic carbocycles. The highest BCUT2D eigenvalue weighted by Gasteiger charge is 2.51. The zero-order chi connectivity index (χ0) is 33.0. The van der Waals surface area contributed by atoms with Gasteiger partial charge in [-0.2, -0.15) is 0 Å². The predicted molar refractivity (Wildman–Crippen MR) is 183 cm³/mol. The summed E-state index contributed by atoms with van der Waals surface area (Å²) < 4.78 is 32.0. The second-order valence-electron chi connectivity index (χ2n) is 11.2. The van der Waals surface area contributed by atoms with Crippen LogP contribution in [0.1, 0.15) is 31.8 Å². The Kier molecular flexibility index (Phi) is 11.7. The number of thioether (sulfide) groups is 1. The van der Waals surface area contributed by atoms with E-state index in [0.29, 0.717) is 17.7 Å². The van der Waals surface area contributed by atoms with Crippen LogP contribution in [0.4, 0.5) is 0 Å². The number of carbonyl (C=O) groups is 2. The first-order chi connectivity index (χ1) is 23.6. The molecule has 0 aromatic heterocycles. The SMILES string of the molecule is O=C(OC1[C@@H](Sc2ccccc2)OC(COCc2ccccc2)[C@@H](OC(=O)c2ccccc2)[C@@H]1OCc1ccccc1)c1ccccc1. The summed E-state index contributed by atoms with van der Waals surface area (Å²) in [5, 5.41) is 0. The van der Waals surface area contributed by atoms with Crippen LogP contribution in [0.2, 0.25) is 0 Å². The fraction of sp³-hybridized carbons (Fsp3) is 0.200. The number of esters is 2. The van der Waals surface area contributed by atoms with Crippen molar-refractivity contribution in [3.8, 4) is 0 Å². The van der Waals surface area contributed by atoms with E-state index in [9.17, 15) is 9.59 Å². The van der Waals surface area contributed by atoms with E-state index in [1.165, 1.54) is 11.8 Å². The molecule has 1 saturated heterocycles. The summed E-state index contributed by atoms with van der Waals surface area (Å²) in [6.45, 7) is 0.612. The Morgan fingerprint density at radius 2 is 1.00 bits per heavy atom. The molecule has 244 valence electrons. The van der Waals surface area contributed by atoms with Gasteiger partial charge >= 0.3 is 11.9 Å². The van der Waals surface area contributed by atoms with E-state index in [1.54, 1.807) is 48.5 Å². The van der Waals surface area contributed by atoms with Crippen LogP contribution in [0.25, 0.3) is 0 Å². The number of hydrogen-bond donors (Lipinski definition) is 0. The molecular formula is C40H36O7S. The Bertz CT molecular complexity index is 1710. The van der Waals surface area contributed by atoms with Crippen LogP contribution in [0.15, 0.2) is 157 Å². The van der Waals surface area contributed by atoms with Gasteiger partial charge in [0.25, 0.3) is 0 Å². The molecule has 5 atom stereocenters. The predicted octanol–water partition coefficient (Wildman–Crippen LogP) is 7.76. The molecule has 6 rings (SSSR count). The standard InChI is InChI=1S/C40H36O7S/c41-38(31-20-10-3-11-21-31)46-35-34(28-43-26-29-16-6-1-7-17-29)45-40(48-33-24-14-5-15-25-33)37(47-39(42)32-22-12-4-13-23-32)36(35)44-27-30-18-8-2-9-19-30/h1-25,34-37,40H,26-28H2/t34?,35-,36+,37?,40-/m1/s1. The monoisotopic (exact) mass is 660 g/mol. The van der Waals surface area contributed by atoms with Crippen LogP contribution in [-0.4, -0.2) is 48.4 Å². The minimum atomic E-state index is -0.988. The number of rotatable bonds is 13. The summed E-state index contributed by atoms with van der Waals surface area (Å²) in [5.74, 6) is -1.09. The molecule has 1 fully saturated rings. The van der Waals surface area contributed by atoms with E-state index in [2.05, 4.69) is 0 Å². The number of hydrogen-bond acceptors (Lipinski definition) is 8. The van der Waals surface area contributed by atoms with Gasteiger partial charge < -0.3 is 23.7 Å². The van der Waals surface area contributed by atoms with Gasteiger partial charge in [0.1, 0.15) is 17.6 Å². The van der Waals surface area contributed by atoms with Gasteiger partial charge in [0, 0.05) is 4.90 Å². The molecule has 0 aliphatic carbocycles. The van der Waals surface area contributed by atoms with Crippen molar-refractivity contribution in [2.45, 2.75) is 48.0 Å². The topological polar surface area (TPSA) is 80.3 Å². The zero-order valence-corrected chi connectivity index (χ0v) is 27.0. The quantitative estimate of drug-likeness (QED) is 0.119. The normalized spacial score (nSPS) is 20.5. The molecule has 0 bridgehead atoms. The highest BCUT2D eigenvalue weighted by Crippen LogP contribution is 2.38. The fourth-order valence-electron chi connectivity index (χ4n) is 5.36. The summed E-state index contributed by atoms with van der Waals surface area (Å²) in [4.78, 5) is 28.1. The number of ether oxygens (including phenoxy) is 5. The molecule has 0 saturated carbocycles. The minimum Gasteiger partial charge on any atom is -0.453 e. The molecule has 8 heteroatoms. The summed E-state index contributed by atoms with van der Waals surface area (Å²) in [5.41, 5.74) is 1.94. The van der Waals surface area contributed by atoms with E-state index in [1.807, 2.05) is 103 Å². The second kappa shape index (κ2) is 16.9. The lowest BCUT2D eigenvalue weighted by atomic mass is 9.98. The molecule has 0 N–H and O–H groups in total. The van der Waals surface area contributed by atoms with Crippen molar-refractivity contribution in [3.63, 3.8) is 0 Å². The lowest BCUT2D eigenvalue weighted by Gasteiger charge is -2.45. The van der Waals surface area contributed by atoms with Gasteiger partial charge in [-0.1, -0.05) is 127 Å². The Morgan fingerprint density at radius 3 is 1.54 bits per heavy atom. The number of benzene rings is 5. The highest BCUT2D eigenvalue weighted by molar-refractivity contribution is 7.99. The first-order valence-electron chi connectivity index (χ1n) is 15.8. The lowest BCUT2D eigenvalue weighted by molar-refractivity contribution is -0.227. The van der Waals surface area contributed by atoms with Crippen molar-refractivity contribution in [3.05, 3.63) is 174 Å². The van der Waals surface area contributed by atoms with Crippen molar-refractivity contribution in [1.29, 1.82) is 0 Å². The van der Waals surface area contributed by atoms with Gasteiger partial charge in [0.15, 0.2) is 12.2 Å². The van der Waals surface area contributed by atoms with Crippen molar-refractivity contribution in [1.82, 2.24) is 0 Å². The van der Waals surface area contributed by atoms with Gasteiger partial charge in [-0.3, -0.25) is 0 Å². The van der Waals surface area contributed by atoms with Crippen LogP contribution in [0.5, 0.6) is 0 Å². The van der Waals surface area contributed by atoms with E-state index < -0.39 is 41.8 Å². The fourth-order valence-corrected chi connectivity index (χ4v) is 6.49. The summed E-state index contributed by atoms with van der Waals surface area (Å²) in [6.07, 6.45) is -3.62. The smallest absolute Gasteiger partial charge is 0.338 e. The van der Waals surface area contributed by atoms with E-state index in [0.717, 1.165) is 16.0 Å². The largest absolute Gasteiger partial charge is 0.453 e. The van der Waals surface area contributed by atoms with Gasteiger partial charge in [-0.25, -0.2) is 9.59 Å². The Hall–Kier alpha value is -4.73. The van der Waals surface area contributed by atoms with Crippen molar-refractivity contribution in [2.75, 3.05) is 6.61 Å². The van der Waals surface area contributed by atoms with E-state index in [4.69, 9.17) is 23.7 Å². The Balaban J connectivity index is 1.36. The summed E-state index contributed by atoms with van der Waals surface area (Å²) in [6, 6.07) is 46.7. The molecule has 0 radical (unpaired) electrons. The highest BCUT2D eigenvalue weighted by atomic mass is 32.2. The first-order valence-corrected chi connectivity index (χ1v) is 16.7. The van der Waals surface area contributed by atoms with E-state index in [-0.39, 0.29) is 13.2 Å². The minimum absolute atomic E-state index is 0.0953. The van der Waals surface area contributed by atoms with Gasteiger partial charge in [-0.15, -0.1) is 0 Å². The van der Waals surface area contributed by atoms with Crippen molar-refractivity contribution in [2.24, 2.45) is 0 Å². The molecule has 5 aromatic rings. The lowest BCUT2D eigenvalue weighted by Crippen LogP contribution is -2.61. The maximum Gasteiger partial charge on any atom is 0.338 e. The van der Waals surface area contributed by atoms with Crippen LogP contribution in [0, 0.1) is 0 Å². The maximum atomic E-state index is 13.6. The molecule has 2 unspecified atom stereocenters. The molecular weight excluding hydrogens is 625 g/mol. The Labute approximate surface area is 284 Å². The molecule has 1 heterocycles. The summed E-state index contributed by atoms with van der Waals surface area (Å²) >= 11 is 1.41. The van der Waals surface area contributed by atoms with Crippen molar-refractivity contribution >= 4 is 23.7 Å². The average molecular weight is 661 g/mol. The van der Waals surface area contributed by atoms with Crippen LogP contribution >= 0.6 is 11.8 Å². The molecule has 1 aliphatic rings. The van der Waals surface area contributed by atoms with Gasteiger partial charge in [-0.05, 0) is 47.5 Å². The molecule has 0 spiro atoms. The van der Waals surface area contributed by atoms with Crippen molar-refractivity contribution < 1.29 is 33.3 Å². The third-order valence-electron chi connectivity index (χ3n) is 7.77.